The number of nitro benzene ring substituents is 1. The van der Waals surface area contributed by atoms with Crippen LogP contribution in [0.5, 0.6) is 0 Å². The summed E-state index contributed by atoms with van der Waals surface area (Å²) in [5.74, 6) is -0.397. The summed E-state index contributed by atoms with van der Waals surface area (Å²) >= 11 is 0. The van der Waals surface area contributed by atoms with Gasteiger partial charge in [0.25, 0.3) is 5.69 Å². The second-order valence-corrected chi connectivity index (χ2v) is 5.39. The molecule has 0 spiro atoms. The molecule has 1 aliphatic carbocycles. The fraction of sp³-hybridized carbons (Fsp3) is 0.250. The Labute approximate surface area is 131 Å². The Balaban J connectivity index is 2.19. The first-order valence-electron chi connectivity index (χ1n) is 7.11. The molecule has 7 heteroatoms. The quantitative estimate of drug-likeness (QED) is 0.661. The Morgan fingerprint density at radius 2 is 2.17 bits per heavy atom. The summed E-state index contributed by atoms with van der Waals surface area (Å²) in [6.45, 7) is 0. The van der Waals surface area contributed by atoms with Crippen LogP contribution in [-0.2, 0) is 9.53 Å². The molecule has 1 heterocycles. The third kappa shape index (κ3) is 2.44. The topological polar surface area (TPSA) is 119 Å². The van der Waals surface area contributed by atoms with Crippen molar-refractivity contribution in [2.45, 2.75) is 25.2 Å². The number of Topliss-reactive ketones (excluding diaryl/α,β-unsaturated/α-hetero) is 1. The van der Waals surface area contributed by atoms with Crippen LogP contribution in [0.1, 0.15) is 30.7 Å². The van der Waals surface area contributed by atoms with Crippen molar-refractivity contribution in [3.05, 3.63) is 62.7 Å². The first-order valence-corrected chi connectivity index (χ1v) is 7.11. The van der Waals surface area contributed by atoms with Crippen molar-refractivity contribution in [2.75, 3.05) is 0 Å². The molecule has 0 radical (unpaired) electrons. The van der Waals surface area contributed by atoms with Gasteiger partial charge in [0.1, 0.15) is 17.4 Å². The van der Waals surface area contributed by atoms with E-state index in [-0.39, 0.29) is 22.9 Å². The smallest absolute Gasteiger partial charge is 0.269 e. The molecular weight excluding hydrogens is 298 g/mol. The van der Waals surface area contributed by atoms with Gasteiger partial charge in [-0.3, -0.25) is 14.9 Å². The number of hydrogen-bond acceptors (Lipinski definition) is 6. The molecule has 0 bridgehead atoms. The second-order valence-electron chi connectivity index (χ2n) is 5.39. The van der Waals surface area contributed by atoms with Crippen LogP contribution in [0.2, 0.25) is 0 Å². The number of ketones is 1. The van der Waals surface area contributed by atoms with Crippen molar-refractivity contribution in [1.82, 2.24) is 0 Å². The predicted octanol–water partition coefficient (Wildman–Crippen LogP) is 2.41. The normalized spacial score (nSPS) is 20.7. The monoisotopic (exact) mass is 311 g/mol. The highest BCUT2D eigenvalue weighted by Crippen LogP contribution is 2.43. The Bertz CT molecular complexity index is 817. The maximum atomic E-state index is 12.4. The van der Waals surface area contributed by atoms with Crippen LogP contribution in [0.15, 0.2) is 47.1 Å². The maximum Gasteiger partial charge on any atom is 0.269 e. The highest BCUT2D eigenvalue weighted by Gasteiger charge is 2.38. The largest absolute Gasteiger partial charge is 0.444 e. The number of rotatable bonds is 2. The van der Waals surface area contributed by atoms with Gasteiger partial charge in [0, 0.05) is 30.5 Å². The average Bonchev–Trinajstić information content (AvgIpc) is 2.54. The van der Waals surface area contributed by atoms with Crippen LogP contribution in [0, 0.1) is 21.4 Å². The molecule has 3 rings (SSSR count). The van der Waals surface area contributed by atoms with E-state index in [0.29, 0.717) is 36.2 Å². The number of nitrogens with two attached hydrogens (primary N) is 1. The molecule has 116 valence electrons. The minimum atomic E-state index is -0.712. The summed E-state index contributed by atoms with van der Waals surface area (Å²) in [7, 11) is 0. The van der Waals surface area contributed by atoms with Gasteiger partial charge in [-0.25, -0.2) is 0 Å². The summed E-state index contributed by atoms with van der Waals surface area (Å²) < 4.78 is 5.45. The molecule has 0 aromatic heterocycles. The molecule has 1 aromatic rings. The molecule has 0 unspecified atom stereocenters. The zero-order valence-corrected chi connectivity index (χ0v) is 12.1. The van der Waals surface area contributed by atoms with Crippen LogP contribution >= 0.6 is 0 Å². The lowest BCUT2D eigenvalue weighted by atomic mass is 9.77. The van der Waals surface area contributed by atoms with Gasteiger partial charge in [0.2, 0.25) is 5.88 Å². The molecule has 2 aliphatic rings. The molecule has 0 saturated carbocycles. The Morgan fingerprint density at radius 1 is 1.39 bits per heavy atom. The zero-order chi connectivity index (χ0) is 16.6. The Kier molecular flexibility index (Phi) is 3.58. The zero-order valence-electron chi connectivity index (χ0n) is 12.1. The number of ether oxygens (including phenoxy) is 1. The third-order valence-corrected chi connectivity index (χ3v) is 4.02. The first kappa shape index (κ1) is 14.8. The SMILES string of the molecule is N#CC1=C(N)OC2=C(C(=O)CCC2)[C@H]1c1cccc([N+](=O)[O-])c1. The minimum Gasteiger partial charge on any atom is -0.444 e. The molecule has 1 aromatic carbocycles. The number of non-ortho nitro benzene ring substituents is 1. The molecule has 23 heavy (non-hydrogen) atoms. The number of benzene rings is 1. The van der Waals surface area contributed by atoms with Gasteiger partial charge in [-0.15, -0.1) is 0 Å². The molecular formula is C16H13N3O4. The number of hydrogen-bond donors (Lipinski definition) is 1. The van der Waals surface area contributed by atoms with Gasteiger partial charge in [0.15, 0.2) is 5.78 Å². The maximum absolute atomic E-state index is 12.4. The van der Waals surface area contributed by atoms with E-state index in [1.54, 1.807) is 6.07 Å². The third-order valence-electron chi connectivity index (χ3n) is 4.02. The van der Waals surface area contributed by atoms with E-state index in [0.717, 1.165) is 0 Å². The van der Waals surface area contributed by atoms with E-state index < -0.39 is 10.8 Å². The number of nitro groups is 1. The van der Waals surface area contributed by atoms with E-state index in [1.165, 1.54) is 18.2 Å². The van der Waals surface area contributed by atoms with Gasteiger partial charge in [-0.2, -0.15) is 5.26 Å². The summed E-state index contributed by atoms with van der Waals surface area (Å²) in [5, 5.41) is 20.4. The van der Waals surface area contributed by atoms with Gasteiger partial charge < -0.3 is 10.5 Å². The van der Waals surface area contributed by atoms with Crippen molar-refractivity contribution in [2.24, 2.45) is 5.73 Å². The average molecular weight is 311 g/mol. The molecule has 1 atom stereocenters. The van der Waals surface area contributed by atoms with Crippen LogP contribution in [0.4, 0.5) is 5.69 Å². The van der Waals surface area contributed by atoms with E-state index in [1.807, 2.05) is 6.07 Å². The second kappa shape index (κ2) is 5.57. The van der Waals surface area contributed by atoms with Crippen LogP contribution < -0.4 is 5.73 Å². The van der Waals surface area contributed by atoms with Crippen molar-refractivity contribution >= 4 is 11.5 Å². The fourth-order valence-corrected chi connectivity index (χ4v) is 3.01. The van der Waals surface area contributed by atoms with E-state index >= 15 is 0 Å². The van der Waals surface area contributed by atoms with E-state index in [4.69, 9.17) is 10.5 Å². The Hall–Kier alpha value is -3.14. The van der Waals surface area contributed by atoms with E-state index in [2.05, 4.69) is 0 Å². The molecule has 1 aliphatic heterocycles. The molecule has 7 nitrogen and oxygen atoms in total. The standard InChI is InChI=1S/C16H13N3O4/c17-8-11-14(9-3-1-4-10(7-9)19(21)22)15-12(20)5-2-6-13(15)23-16(11)18/h1,3-4,7,14H,2,5-6,18H2/t14-/m0/s1. The summed E-state index contributed by atoms with van der Waals surface area (Å²) in [6, 6.07) is 7.89. The number of carbonyl (C=O) groups excluding carboxylic acids is 1. The van der Waals surface area contributed by atoms with Crippen LogP contribution in [0.25, 0.3) is 0 Å². The summed E-state index contributed by atoms with van der Waals surface area (Å²) in [5.41, 5.74) is 6.71. The van der Waals surface area contributed by atoms with Crippen LogP contribution in [0.3, 0.4) is 0 Å². The lowest BCUT2D eigenvalue weighted by Crippen LogP contribution is -2.27. The molecule has 0 amide bonds. The molecule has 0 saturated heterocycles. The minimum absolute atomic E-state index is 0.0440. The molecule has 2 N–H and O–H groups in total. The van der Waals surface area contributed by atoms with Gasteiger partial charge in [-0.05, 0) is 12.0 Å². The number of carbonyl (C=O) groups is 1. The Morgan fingerprint density at radius 3 is 2.87 bits per heavy atom. The summed E-state index contributed by atoms with van der Waals surface area (Å²) in [6.07, 6.45) is 1.59. The first-order chi connectivity index (χ1) is 11.0. The fourth-order valence-electron chi connectivity index (χ4n) is 3.01. The van der Waals surface area contributed by atoms with Crippen molar-refractivity contribution in [3.63, 3.8) is 0 Å². The summed E-state index contributed by atoms with van der Waals surface area (Å²) in [4.78, 5) is 22.8. The van der Waals surface area contributed by atoms with Gasteiger partial charge >= 0.3 is 0 Å². The van der Waals surface area contributed by atoms with Crippen LogP contribution in [-0.4, -0.2) is 10.7 Å². The van der Waals surface area contributed by atoms with E-state index in [9.17, 15) is 20.2 Å². The van der Waals surface area contributed by atoms with Crippen molar-refractivity contribution < 1.29 is 14.5 Å². The van der Waals surface area contributed by atoms with Crippen molar-refractivity contribution in [3.8, 4) is 6.07 Å². The van der Waals surface area contributed by atoms with Crippen molar-refractivity contribution in [1.29, 1.82) is 5.26 Å². The number of nitriles is 1. The van der Waals surface area contributed by atoms with Gasteiger partial charge in [0.05, 0.1) is 10.8 Å². The molecule has 0 fully saturated rings. The predicted molar refractivity (Wildman–Crippen MR) is 79.6 cm³/mol. The highest BCUT2D eigenvalue weighted by molar-refractivity contribution is 5.99. The lowest BCUT2D eigenvalue weighted by molar-refractivity contribution is -0.384. The van der Waals surface area contributed by atoms with Gasteiger partial charge in [-0.1, -0.05) is 12.1 Å². The lowest BCUT2D eigenvalue weighted by Gasteiger charge is -2.30. The highest BCUT2D eigenvalue weighted by atomic mass is 16.6. The number of allylic oxidation sites excluding steroid dienone is 3. The number of nitrogens with zero attached hydrogens (tertiary/aromatic N) is 2.